The second kappa shape index (κ2) is 6.17. The highest BCUT2D eigenvalue weighted by molar-refractivity contribution is 8.00. The van der Waals surface area contributed by atoms with E-state index in [1.165, 1.54) is 0 Å². The van der Waals surface area contributed by atoms with Crippen molar-refractivity contribution in [1.29, 1.82) is 0 Å². The number of aromatic nitrogens is 1. The second-order valence-electron chi connectivity index (χ2n) is 5.78. The number of rotatable bonds is 3. The average molecular weight is 331 g/mol. The van der Waals surface area contributed by atoms with Gasteiger partial charge in [-0.25, -0.2) is 0 Å². The van der Waals surface area contributed by atoms with Crippen LogP contribution in [0.25, 0.3) is 21.8 Å². The number of para-hydroxylation sites is 2. The summed E-state index contributed by atoms with van der Waals surface area (Å²) in [5, 5.41) is 2.09. The Morgan fingerprint density at radius 1 is 0.792 bits per heavy atom. The summed E-state index contributed by atoms with van der Waals surface area (Å²) >= 11 is 1.60. The van der Waals surface area contributed by atoms with Crippen LogP contribution >= 0.6 is 11.8 Å². The molecule has 0 aliphatic carbocycles. The number of carbonyl (C=O) groups excluding carboxylic acids is 1. The molecule has 3 heteroatoms. The molecule has 1 unspecified atom stereocenters. The average Bonchev–Trinajstić information content (AvgIpc) is 2.96. The van der Waals surface area contributed by atoms with E-state index in [2.05, 4.69) is 12.1 Å². The third-order valence-electron chi connectivity index (χ3n) is 4.20. The van der Waals surface area contributed by atoms with Gasteiger partial charge in [-0.2, -0.15) is 0 Å². The Balaban J connectivity index is 1.81. The second-order valence-corrected chi connectivity index (χ2v) is 7.20. The van der Waals surface area contributed by atoms with Gasteiger partial charge in [-0.3, -0.25) is 9.36 Å². The standard InChI is InChI=1S/C21H17NOS/c1-15(24-16-9-3-2-4-10-16)21(23)22-19-13-7-5-11-17(19)18-12-6-8-14-20(18)22/h2-15H,1H3. The molecule has 118 valence electrons. The normalized spacial score (nSPS) is 12.5. The summed E-state index contributed by atoms with van der Waals surface area (Å²) in [6.07, 6.45) is 0. The summed E-state index contributed by atoms with van der Waals surface area (Å²) in [5.41, 5.74) is 1.95. The van der Waals surface area contributed by atoms with E-state index in [1.807, 2.05) is 78.2 Å². The third kappa shape index (κ3) is 2.51. The van der Waals surface area contributed by atoms with Crippen LogP contribution < -0.4 is 0 Å². The fraction of sp³-hybridized carbons (Fsp3) is 0.0952. The van der Waals surface area contributed by atoms with E-state index in [0.29, 0.717) is 0 Å². The number of hydrogen-bond acceptors (Lipinski definition) is 2. The largest absolute Gasteiger partial charge is 0.279 e. The van der Waals surface area contributed by atoms with E-state index in [1.54, 1.807) is 11.8 Å². The third-order valence-corrected chi connectivity index (χ3v) is 5.30. The quantitative estimate of drug-likeness (QED) is 0.455. The molecule has 3 aromatic carbocycles. The van der Waals surface area contributed by atoms with Crippen molar-refractivity contribution in [3.05, 3.63) is 78.9 Å². The summed E-state index contributed by atoms with van der Waals surface area (Å²) in [7, 11) is 0. The van der Waals surface area contributed by atoms with Crippen LogP contribution in [-0.4, -0.2) is 15.7 Å². The molecule has 4 rings (SSSR count). The molecule has 0 bridgehead atoms. The van der Waals surface area contributed by atoms with Gasteiger partial charge in [0, 0.05) is 15.7 Å². The first-order chi connectivity index (χ1) is 11.8. The zero-order valence-corrected chi connectivity index (χ0v) is 14.2. The van der Waals surface area contributed by atoms with Crippen molar-refractivity contribution in [2.75, 3.05) is 0 Å². The van der Waals surface area contributed by atoms with Crippen LogP contribution in [0.5, 0.6) is 0 Å². The van der Waals surface area contributed by atoms with Gasteiger partial charge in [-0.1, -0.05) is 54.6 Å². The van der Waals surface area contributed by atoms with Crippen LogP contribution in [0.2, 0.25) is 0 Å². The van der Waals surface area contributed by atoms with Crippen LogP contribution in [-0.2, 0) is 0 Å². The Morgan fingerprint density at radius 3 is 1.88 bits per heavy atom. The summed E-state index contributed by atoms with van der Waals surface area (Å²) in [6.45, 7) is 1.98. The molecule has 1 aromatic heterocycles. The lowest BCUT2D eigenvalue weighted by atomic mass is 10.2. The van der Waals surface area contributed by atoms with E-state index in [-0.39, 0.29) is 11.2 Å². The van der Waals surface area contributed by atoms with Crippen molar-refractivity contribution in [1.82, 2.24) is 4.57 Å². The molecular formula is C21H17NOS. The molecule has 1 atom stereocenters. The highest BCUT2D eigenvalue weighted by Crippen LogP contribution is 2.31. The predicted octanol–water partition coefficient (Wildman–Crippen LogP) is 5.62. The predicted molar refractivity (Wildman–Crippen MR) is 102 cm³/mol. The monoisotopic (exact) mass is 331 g/mol. The maximum Gasteiger partial charge on any atom is 0.244 e. The van der Waals surface area contributed by atoms with Crippen LogP contribution in [0.4, 0.5) is 0 Å². The number of hydrogen-bond donors (Lipinski definition) is 0. The van der Waals surface area contributed by atoms with E-state index >= 15 is 0 Å². The van der Waals surface area contributed by atoms with Crippen molar-refractivity contribution in [2.24, 2.45) is 0 Å². The SMILES string of the molecule is CC(Sc1ccccc1)C(=O)n1c2ccccc2c2ccccc21. The first kappa shape index (κ1) is 15.0. The maximum absolute atomic E-state index is 13.2. The van der Waals surface area contributed by atoms with Crippen LogP contribution in [0.15, 0.2) is 83.8 Å². The van der Waals surface area contributed by atoms with Crippen molar-refractivity contribution < 1.29 is 4.79 Å². The lowest BCUT2D eigenvalue weighted by Gasteiger charge is -2.13. The molecule has 2 nitrogen and oxygen atoms in total. The van der Waals surface area contributed by atoms with E-state index in [0.717, 1.165) is 26.7 Å². The van der Waals surface area contributed by atoms with Gasteiger partial charge in [0.15, 0.2) is 0 Å². The van der Waals surface area contributed by atoms with Crippen LogP contribution in [0.3, 0.4) is 0 Å². The molecular weight excluding hydrogens is 314 g/mol. The molecule has 24 heavy (non-hydrogen) atoms. The van der Waals surface area contributed by atoms with Crippen molar-refractivity contribution in [2.45, 2.75) is 17.1 Å². The highest BCUT2D eigenvalue weighted by atomic mass is 32.2. The first-order valence-corrected chi connectivity index (χ1v) is 8.88. The van der Waals surface area contributed by atoms with Gasteiger partial charge in [0.25, 0.3) is 0 Å². The molecule has 0 fully saturated rings. The number of thioether (sulfide) groups is 1. The summed E-state index contributed by atoms with van der Waals surface area (Å²) < 4.78 is 1.87. The zero-order chi connectivity index (χ0) is 16.5. The lowest BCUT2D eigenvalue weighted by molar-refractivity contribution is 0.0925. The Bertz CT molecular complexity index is 967. The molecule has 0 spiro atoms. The summed E-state index contributed by atoms with van der Waals surface area (Å²) in [4.78, 5) is 14.3. The number of nitrogens with zero attached hydrogens (tertiary/aromatic N) is 1. The van der Waals surface area contributed by atoms with Gasteiger partial charge in [-0.05, 0) is 31.2 Å². The maximum atomic E-state index is 13.2. The number of carbonyl (C=O) groups is 1. The fourth-order valence-corrected chi connectivity index (χ4v) is 4.02. The lowest BCUT2D eigenvalue weighted by Crippen LogP contribution is -2.21. The van der Waals surface area contributed by atoms with Gasteiger partial charge < -0.3 is 0 Å². The van der Waals surface area contributed by atoms with Gasteiger partial charge in [0.1, 0.15) is 0 Å². The minimum Gasteiger partial charge on any atom is -0.279 e. The Morgan fingerprint density at radius 2 is 1.29 bits per heavy atom. The van der Waals surface area contributed by atoms with Crippen molar-refractivity contribution in [3.63, 3.8) is 0 Å². The van der Waals surface area contributed by atoms with Crippen LogP contribution in [0.1, 0.15) is 11.7 Å². The van der Waals surface area contributed by atoms with Gasteiger partial charge in [0.05, 0.1) is 16.3 Å². The Hall–Kier alpha value is -2.52. The first-order valence-electron chi connectivity index (χ1n) is 8.00. The van der Waals surface area contributed by atoms with Crippen LogP contribution in [0, 0.1) is 0 Å². The van der Waals surface area contributed by atoms with E-state index < -0.39 is 0 Å². The molecule has 1 heterocycles. The van der Waals surface area contributed by atoms with E-state index in [4.69, 9.17) is 0 Å². The minimum absolute atomic E-state index is 0.112. The minimum atomic E-state index is -0.161. The molecule has 0 amide bonds. The zero-order valence-electron chi connectivity index (χ0n) is 13.3. The molecule has 0 N–H and O–H groups in total. The van der Waals surface area contributed by atoms with E-state index in [9.17, 15) is 4.79 Å². The molecule has 4 aromatic rings. The van der Waals surface area contributed by atoms with Crippen molar-refractivity contribution in [3.8, 4) is 0 Å². The van der Waals surface area contributed by atoms with Gasteiger partial charge in [0.2, 0.25) is 5.91 Å². The smallest absolute Gasteiger partial charge is 0.244 e. The highest BCUT2D eigenvalue weighted by Gasteiger charge is 2.21. The summed E-state index contributed by atoms with van der Waals surface area (Å²) in [6, 6.07) is 26.3. The molecule has 0 saturated carbocycles. The van der Waals surface area contributed by atoms with Gasteiger partial charge in [-0.15, -0.1) is 11.8 Å². The molecule has 0 radical (unpaired) electrons. The number of fused-ring (bicyclic) bond motifs is 3. The van der Waals surface area contributed by atoms with Gasteiger partial charge >= 0.3 is 0 Å². The Kier molecular flexibility index (Phi) is 3.87. The molecule has 0 aliphatic rings. The summed E-state index contributed by atoms with van der Waals surface area (Å²) in [5.74, 6) is 0.112. The topological polar surface area (TPSA) is 22.0 Å². The van der Waals surface area contributed by atoms with Crippen molar-refractivity contribution >= 4 is 39.5 Å². The fourth-order valence-electron chi connectivity index (χ4n) is 3.10. The Labute approximate surface area is 145 Å². The molecule has 0 saturated heterocycles. The number of benzene rings is 3. The molecule has 0 aliphatic heterocycles.